The van der Waals surface area contributed by atoms with E-state index in [0.29, 0.717) is 11.1 Å². The van der Waals surface area contributed by atoms with E-state index in [1.807, 2.05) is 0 Å². The second-order valence-electron chi connectivity index (χ2n) is 4.90. The molecule has 0 saturated heterocycles. The van der Waals surface area contributed by atoms with E-state index in [1.54, 1.807) is 43.3 Å². The van der Waals surface area contributed by atoms with Crippen molar-refractivity contribution in [2.24, 2.45) is 0 Å². The molecular weight excluding hydrogens is 308 g/mol. The van der Waals surface area contributed by atoms with Crippen molar-refractivity contribution in [1.82, 2.24) is 0 Å². The highest BCUT2D eigenvalue weighted by molar-refractivity contribution is 6.26. The summed E-state index contributed by atoms with van der Waals surface area (Å²) in [6, 6.07) is 13.0. The third-order valence-electron chi connectivity index (χ3n) is 3.29. The van der Waals surface area contributed by atoms with Gasteiger partial charge in [-0.15, -0.1) is 0 Å². The Morgan fingerprint density at radius 3 is 2.46 bits per heavy atom. The molecule has 1 N–H and O–H groups in total. The molecule has 5 heteroatoms. The molecule has 0 aliphatic carbocycles. The molecule has 0 atom stereocenters. The second-order valence-corrected chi connectivity index (χ2v) is 4.90. The van der Waals surface area contributed by atoms with Gasteiger partial charge in [0.2, 0.25) is 0 Å². The van der Waals surface area contributed by atoms with Crippen LogP contribution in [0.1, 0.15) is 22.8 Å². The number of carbonyl (C=O) groups is 2. The maximum Gasteiger partial charge on any atom is 0.342 e. The number of phenols is 1. The Labute approximate surface area is 140 Å². The lowest BCUT2D eigenvalue weighted by Gasteiger charge is -2.08. The first-order valence-corrected chi connectivity index (χ1v) is 7.42. The van der Waals surface area contributed by atoms with Crippen LogP contribution in [0.5, 0.6) is 11.5 Å². The van der Waals surface area contributed by atoms with Crippen LogP contribution in [0.25, 0.3) is 6.08 Å². The fraction of sp³-hybridized carbons (Fsp3) is 0.158. The van der Waals surface area contributed by atoms with Crippen LogP contribution in [-0.2, 0) is 9.53 Å². The largest absolute Gasteiger partial charge is 0.504 e. The number of hydrogen-bond donors (Lipinski definition) is 1. The number of methoxy groups -OCH3 is 1. The summed E-state index contributed by atoms with van der Waals surface area (Å²) in [6.07, 6.45) is 1.43. The van der Waals surface area contributed by atoms with E-state index in [0.717, 1.165) is 0 Å². The van der Waals surface area contributed by atoms with Crippen molar-refractivity contribution in [3.05, 3.63) is 65.2 Å². The predicted molar refractivity (Wildman–Crippen MR) is 90.0 cm³/mol. The van der Waals surface area contributed by atoms with Crippen molar-refractivity contribution in [1.29, 1.82) is 0 Å². The SMILES string of the molecule is CCOC(=O)C(=Cc1ccc(O)c(OC)c1)C(=O)c1ccccc1. The Balaban J connectivity index is 2.46. The van der Waals surface area contributed by atoms with Crippen LogP contribution >= 0.6 is 0 Å². The lowest BCUT2D eigenvalue weighted by molar-refractivity contribution is -0.137. The topological polar surface area (TPSA) is 72.8 Å². The Morgan fingerprint density at radius 1 is 1.12 bits per heavy atom. The molecule has 0 aliphatic rings. The Kier molecular flexibility index (Phi) is 5.73. The Bertz CT molecular complexity index is 763. The van der Waals surface area contributed by atoms with Gasteiger partial charge >= 0.3 is 5.97 Å². The van der Waals surface area contributed by atoms with Crippen molar-refractivity contribution in [3.63, 3.8) is 0 Å². The summed E-state index contributed by atoms with van der Waals surface area (Å²) in [5.41, 5.74) is 0.843. The molecule has 124 valence electrons. The standard InChI is InChI=1S/C19H18O5/c1-3-24-19(22)15(18(21)14-7-5-4-6-8-14)11-13-9-10-16(20)17(12-13)23-2/h4-12,20H,3H2,1-2H3. The minimum Gasteiger partial charge on any atom is -0.504 e. The van der Waals surface area contributed by atoms with Crippen molar-refractivity contribution >= 4 is 17.8 Å². The lowest BCUT2D eigenvalue weighted by Crippen LogP contribution is -2.16. The van der Waals surface area contributed by atoms with E-state index in [9.17, 15) is 14.7 Å². The molecule has 0 fully saturated rings. The summed E-state index contributed by atoms with van der Waals surface area (Å²) in [7, 11) is 1.42. The maximum atomic E-state index is 12.6. The predicted octanol–water partition coefficient (Wildman–Crippen LogP) is 3.23. The van der Waals surface area contributed by atoms with Crippen molar-refractivity contribution in [2.45, 2.75) is 6.92 Å². The zero-order valence-electron chi connectivity index (χ0n) is 13.5. The monoisotopic (exact) mass is 326 g/mol. The second kappa shape index (κ2) is 7.97. The smallest absolute Gasteiger partial charge is 0.342 e. The molecular formula is C19H18O5. The molecule has 2 aromatic carbocycles. The number of ketones is 1. The van der Waals surface area contributed by atoms with Crippen LogP contribution < -0.4 is 4.74 Å². The molecule has 0 amide bonds. The van der Waals surface area contributed by atoms with Crippen molar-refractivity contribution in [3.8, 4) is 11.5 Å². The normalized spacial score (nSPS) is 11.0. The first-order valence-electron chi connectivity index (χ1n) is 7.42. The van der Waals surface area contributed by atoms with Gasteiger partial charge in [-0.2, -0.15) is 0 Å². The summed E-state index contributed by atoms with van der Waals surface area (Å²) in [4.78, 5) is 24.8. The highest BCUT2D eigenvalue weighted by Gasteiger charge is 2.21. The zero-order chi connectivity index (χ0) is 17.5. The molecule has 0 saturated carbocycles. The summed E-state index contributed by atoms with van der Waals surface area (Å²) >= 11 is 0. The van der Waals surface area contributed by atoms with Gasteiger partial charge in [-0.3, -0.25) is 4.79 Å². The van der Waals surface area contributed by atoms with Gasteiger partial charge in [0.1, 0.15) is 5.57 Å². The molecule has 0 radical (unpaired) electrons. The molecule has 0 aliphatic heterocycles. The molecule has 0 bridgehead atoms. The molecule has 2 aromatic rings. The van der Waals surface area contributed by atoms with E-state index in [-0.39, 0.29) is 23.7 Å². The van der Waals surface area contributed by atoms with E-state index < -0.39 is 11.8 Å². The summed E-state index contributed by atoms with van der Waals surface area (Å²) in [5.74, 6) is -0.902. The van der Waals surface area contributed by atoms with Gasteiger partial charge < -0.3 is 14.6 Å². The Morgan fingerprint density at radius 2 is 1.83 bits per heavy atom. The van der Waals surface area contributed by atoms with Gasteiger partial charge in [-0.05, 0) is 30.7 Å². The summed E-state index contributed by atoms with van der Waals surface area (Å²) < 4.78 is 10.0. The maximum absolute atomic E-state index is 12.6. The minimum absolute atomic E-state index is 0.0262. The quantitative estimate of drug-likeness (QED) is 0.290. The van der Waals surface area contributed by atoms with E-state index in [1.165, 1.54) is 25.3 Å². The number of Topliss-reactive ketones (excluding diaryl/α,β-unsaturated/α-hetero) is 1. The minimum atomic E-state index is -0.696. The third kappa shape index (κ3) is 4.01. The number of phenolic OH excluding ortho intramolecular Hbond substituents is 1. The molecule has 5 nitrogen and oxygen atoms in total. The molecule has 0 aromatic heterocycles. The lowest BCUT2D eigenvalue weighted by atomic mass is 10.0. The van der Waals surface area contributed by atoms with Gasteiger partial charge in [0.15, 0.2) is 17.3 Å². The first kappa shape index (κ1) is 17.3. The number of aromatic hydroxyl groups is 1. The van der Waals surface area contributed by atoms with E-state index in [2.05, 4.69) is 0 Å². The number of hydrogen-bond acceptors (Lipinski definition) is 5. The molecule has 2 rings (SSSR count). The average molecular weight is 326 g/mol. The van der Waals surface area contributed by atoms with Gasteiger partial charge in [0.25, 0.3) is 0 Å². The van der Waals surface area contributed by atoms with E-state index in [4.69, 9.17) is 9.47 Å². The van der Waals surface area contributed by atoms with Crippen LogP contribution in [-0.4, -0.2) is 30.6 Å². The van der Waals surface area contributed by atoms with Crippen LogP contribution in [0.3, 0.4) is 0 Å². The zero-order valence-corrected chi connectivity index (χ0v) is 13.5. The van der Waals surface area contributed by atoms with Crippen molar-refractivity contribution in [2.75, 3.05) is 13.7 Å². The number of carbonyl (C=O) groups excluding carboxylic acids is 2. The van der Waals surface area contributed by atoms with E-state index >= 15 is 0 Å². The van der Waals surface area contributed by atoms with Crippen molar-refractivity contribution < 1.29 is 24.2 Å². The van der Waals surface area contributed by atoms with Gasteiger partial charge in [0.05, 0.1) is 13.7 Å². The van der Waals surface area contributed by atoms with Crippen LogP contribution in [0.2, 0.25) is 0 Å². The summed E-state index contributed by atoms with van der Waals surface area (Å²) in [5, 5.41) is 9.65. The molecule has 24 heavy (non-hydrogen) atoms. The highest BCUT2D eigenvalue weighted by Crippen LogP contribution is 2.27. The number of esters is 1. The number of benzene rings is 2. The third-order valence-corrected chi connectivity index (χ3v) is 3.29. The average Bonchev–Trinajstić information content (AvgIpc) is 2.61. The molecule has 0 spiro atoms. The summed E-state index contributed by atoms with van der Waals surface area (Å²) in [6.45, 7) is 1.84. The fourth-order valence-electron chi connectivity index (χ4n) is 2.12. The molecule has 0 unspecified atom stereocenters. The molecule has 0 heterocycles. The van der Waals surface area contributed by atoms with Gasteiger partial charge in [-0.1, -0.05) is 36.4 Å². The van der Waals surface area contributed by atoms with Gasteiger partial charge in [-0.25, -0.2) is 4.79 Å². The number of rotatable bonds is 6. The van der Waals surface area contributed by atoms with Gasteiger partial charge in [0, 0.05) is 5.56 Å². The van der Waals surface area contributed by atoms with Crippen LogP contribution in [0, 0.1) is 0 Å². The van der Waals surface area contributed by atoms with Crippen LogP contribution in [0.4, 0.5) is 0 Å². The first-order chi connectivity index (χ1) is 11.6. The fourth-order valence-corrected chi connectivity index (χ4v) is 2.12. The Hall–Kier alpha value is -3.08. The highest BCUT2D eigenvalue weighted by atomic mass is 16.5. The number of ether oxygens (including phenoxy) is 2. The van der Waals surface area contributed by atoms with Crippen LogP contribution in [0.15, 0.2) is 54.1 Å².